The summed E-state index contributed by atoms with van der Waals surface area (Å²) in [7, 11) is 0.0708. The molecule has 1 unspecified atom stereocenters. The molecular weight excluding hydrogens is 427 g/mol. The molecule has 2 aromatic heterocycles. The van der Waals surface area contributed by atoms with Crippen LogP contribution in [0.5, 0.6) is 11.5 Å². The molecule has 1 aromatic carbocycles. The van der Waals surface area contributed by atoms with Crippen molar-refractivity contribution in [1.82, 2.24) is 15.0 Å². The van der Waals surface area contributed by atoms with E-state index < -0.39 is 17.4 Å². The molecule has 0 amide bonds. The largest absolute Gasteiger partial charge is 1.00 e. The fraction of sp³-hybridized carbons (Fsp3) is 0.368. The van der Waals surface area contributed by atoms with E-state index in [1.807, 2.05) is 6.92 Å². The van der Waals surface area contributed by atoms with Crippen molar-refractivity contribution in [1.29, 1.82) is 0 Å². The van der Waals surface area contributed by atoms with Gasteiger partial charge >= 0.3 is 36.2 Å². The van der Waals surface area contributed by atoms with E-state index >= 15 is 0 Å². The number of hydrogen-bond acceptors (Lipinski definition) is 6. The molecule has 0 saturated heterocycles. The fourth-order valence-electron chi connectivity index (χ4n) is 2.63. The van der Waals surface area contributed by atoms with Crippen LogP contribution < -0.4 is 44.0 Å². The monoisotopic (exact) mass is 447 g/mol. The van der Waals surface area contributed by atoms with Crippen molar-refractivity contribution < 1.29 is 56.8 Å². The topological polar surface area (TPSA) is 84.6 Å². The third-order valence-electron chi connectivity index (χ3n) is 4.08. The Hall–Kier alpha value is -1.59. The maximum Gasteiger partial charge on any atom is 1.00 e. The Labute approximate surface area is 197 Å². The van der Waals surface area contributed by atoms with Gasteiger partial charge in [0, 0.05) is 37.1 Å². The van der Waals surface area contributed by atoms with Gasteiger partial charge in [-0.25, -0.2) is 0 Å². The summed E-state index contributed by atoms with van der Waals surface area (Å²) in [5.41, 5.74) is 2.20. The first-order valence-corrected chi connectivity index (χ1v) is 10.1. The first kappa shape index (κ1) is 24.7. The molecule has 156 valence electrons. The van der Waals surface area contributed by atoms with Crippen LogP contribution in [-0.4, -0.2) is 41.1 Å². The number of benzene rings is 1. The van der Waals surface area contributed by atoms with Gasteiger partial charge in [0.25, 0.3) is 0 Å². The molecule has 0 N–H and O–H groups in total. The molecule has 2 heterocycles. The van der Waals surface area contributed by atoms with Crippen LogP contribution in [0, 0.1) is 6.92 Å². The van der Waals surface area contributed by atoms with Crippen LogP contribution in [0.2, 0.25) is 0 Å². The van der Waals surface area contributed by atoms with Crippen LogP contribution in [-0.2, 0) is 21.3 Å². The Balaban J connectivity index is 0.00000320. The minimum absolute atomic E-state index is 0. The zero-order valence-corrected chi connectivity index (χ0v) is 19.7. The summed E-state index contributed by atoms with van der Waals surface area (Å²) in [6.07, 6.45) is 2.35. The summed E-state index contributed by atoms with van der Waals surface area (Å²) in [6.45, 7) is 0.0257. The quantitative estimate of drug-likeness (QED) is 0.325. The average Bonchev–Trinajstić information content (AvgIpc) is 3.11. The molecule has 0 spiro atoms. The van der Waals surface area contributed by atoms with Gasteiger partial charge in [-0.15, -0.1) is 0 Å². The minimum Gasteiger partial charge on any atom is -0.493 e. The number of halogens is 2. The number of fused-ring (bicyclic) bond motifs is 1. The van der Waals surface area contributed by atoms with Gasteiger partial charge in [0.05, 0.1) is 28.9 Å². The van der Waals surface area contributed by atoms with Crippen LogP contribution in [0.3, 0.4) is 0 Å². The summed E-state index contributed by atoms with van der Waals surface area (Å²) in [5.74, 6) is 0.753. The summed E-state index contributed by atoms with van der Waals surface area (Å²) in [5, 5.41) is 0.113. The number of imidazole rings is 1. The van der Waals surface area contributed by atoms with Crippen LogP contribution in [0.15, 0.2) is 35.6 Å². The third-order valence-corrected chi connectivity index (χ3v) is 5.21. The number of rotatable bonds is 10. The molecule has 0 bridgehead atoms. The van der Waals surface area contributed by atoms with Crippen molar-refractivity contribution in [3.63, 3.8) is 0 Å². The van der Waals surface area contributed by atoms with E-state index in [0.29, 0.717) is 35.7 Å². The molecule has 0 fully saturated rings. The number of nitrogens with zero attached hydrogens (tertiary/aromatic N) is 3. The zero-order valence-electron chi connectivity index (χ0n) is 16.9. The van der Waals surface area contributed by atoms with E-state index in [9.17, 15) is 13.0 Å². The predicted octanol–water partition coefficient (Wildman–Crippen LogP) is 0.224. The van der Waals surface area contributed by atoms with E-state index in [2.05, 4.69) is 19.7 Å². The van der Waals surface area contributed by atoms with Crippen molar-refractivity contribution in [3.05, 3.63) is 41.7 Å². The molecule has 0 aliphatic rings. The Morgan fingerprint density at radius 3 is 2.77 bits per heavy atom. The Morgan fingerprint density at radius 1 is 1.23 bits per heavy atom. The summed E-state index contributed by atoms with van der Waals surface area (Å²) < 4.78 is 52.5. The molecule has 30 heavy (non-hydrogen) atoms. The maximum atomic E-state index is 12.7. The maximum absolute atomic E-state index is 12.7. The number of ether oxygens (including phenoxy) is 3. The second kappa shape index (κ2) is 11.7. The standard InChI is InChI=1S/C19H20F2N3O4S.Na/c1-12-16(22-7-6-17(12)27-9-3-8-26-2)11-29(25)19-23-14-5-4-13(28-18(20)21)10-15(14)24-19;/h4-7,10,18H,3,8-9,11H2,1-2H3;/q-1;+1. The van der Waals surface area contributed by atoms with Gasteiger partial charge in [0.15, 0.2) is 0 Å². The molecule has 3 aromatic rings. The van der Waals surface area contributed by atoms with Crippen molar-refractivity contribution in [2.45, 2.75) is 30.9 Å². The van der Waals surface area contributed by atoms with E-state index in [1.165, 1.54) is 18.2 Å². The molecule has 0 aliphatic carbocycles. The minimum atomic E-state index is -2.93. The van der Waals surface area contributed by atoms with Crippen LogP contribution in [0.1, 0.15) is 17.7 Å². The van der Waals surface area contributed by atoms with Gasteiger partial charge in [-0.05, 0) is 36.2 Å². The Kier molecular flexibility index (Phi) is 9.63. The predicted molar refractivity (Wildman–Crippen MR) is 103 cm³/mol. The normalized spacial score (nSPS) is 12.0. The summed E-state index contributed by atoms with van der Waals surface area (Å²) in [6, 6.07) is 5.96. The van der Waals surface area contributed by atoms with E-state index in [0.717, 1.165) is 12.0 Å². The van der Waals surface area contributed by atoms with Crippen molar-refractivity contribution in [3.8, 4) is 11.5 Å². The molecule has 3 rings (SSSR count). The van der Waals surface area contributed by atoms with Crippen LogP contribution in [0.4, 0.5) is 8.78 Å². The Bertz CT molecular complexity index is 1000. The van der Waals surface area contributed by atoms with Crippen LogP contribution in [0.25, 0.3) is 11.0 Å². The van der Waals surface area contributed by atoms with Gasteiger partial charge in [0.2, 0.25) is 0 Å². The van der Waals surface area contributed by atoms with Crippen LogP contribution >= 0.6 is 0 Å². The molecular formula is C19H20F2N3NaO4S. The van der Waals surface area contributed by atoms with E-state index in [4.69, 9.17) is 9.47 Å². The number of pyridine rings is 1. The molecule has 0 radical (unpaired) electrons. The second-order valence-corrected chi connectivity index (χ2v) is 7.45. The summed E-state index contributed by atoms with van der Waals surface area (Å²) in [4.78, 5) is 12.7. The van der Waals surface area contributed by atoms with Gasteiger partial charge in [0.1, 0.15) is 11.5 Å². The number of hydrogen-bond donors (Lipinski definition) is 0. The molecule has 11 heteroatoms. The number of methoxy groups -OCH3 is 1. The molecule has 0 aliphatic heterocycles. The van der Waals surface area contributed by atoms with E-state index in [1.54, 1.807) is 19.4 Å². The van der Waals surface area contributed by atoms with Gasteiger partial charge < -0.3 is 24.2 Å². The smallest absolute Gasteiger partial charge is 0.493 e. The first-order valence-electron chi connectivity index (χ1n) is 8.82. The molecule has 1 atom stereocenters. The van der Waals surface area contributed by atoms with E-state index in [-0.39, 0.29) is 46.2 Å². The second-order valence-electron chi connectivity index (χ2n) is 6.10. The molecule has 7 nitrogen and oxygen atoms in total. The first-order chi connectivity index (χ1) is 14.0. The molecule has 0 saturated carbocycles. The van der Waals surface area contributed by atoms with Gasteiger partial charge in [-0.3, -0.25) is 9.19 Å². The number of aromatic nitrogens is 3. The average molecular weight is 447 g/mol. The SMILES string of the molecule is COCCCOc1ccnc(CS(=O)c2nc3cc(OC(F)F)ccc3[n-]2)c1C.[Na+]. The van der Waals surface area contributed by atoms with Gasteiger partial charge in [-0.1, -0.05) is 6.07 Å². The van der Waals surface area contributed by atoms with Crippen molar-refractivity contribution in [2.24, 2.45) is 0 Å². The Morgan fingerprint density at radius 2 is 2.03 bits per heavy atom. The summed E-state index contributed by atoms with van der Waals surface area (Å²) >= 11 is 0. The van der Waals surface area contributed by atoms with Crippen molar-refractivity contribution >= 4 is 21.8 Å². The number of alkyl halides is 2. The third kappa shape index (κ3) is 6.45. The fourth-order valence-corrected chi connectivity index (χ4v) is 3.70. The van der Waals surface area contributed by atoms with Crippen molar-refractivity contribution in [2.75, 3.05) is 20.3 Å². The van der Waals surface area contributed by atoms with Gasteiger partial charge in [-0.2, -0.15) is 8.78 Å². The zero-order chi connectivity index (χ0) is 20.8.